The zero-order valence-electron chi connectivity index (χ0n) is 6.58. The van der Waals surface area contributed by atoms with E-state index in [0.29, 0.717) is 12.1 Å². The van der Waals surface area contributed by atoms with Gasteiger partial charge in [-0.1, -0.05) is 0 Å². The van der Waals surface area contributed by atoms with Crippen LogP contribution in [0.5, 0.6) is 0 Å². The summed E-state index contributed by atoms with van der Waals surface area (Å²) < 4.78 is 0. The van der Waals surface area contributed by atoms with E-state index in [9.17, 15) is 4.91 Å². The van der Waals surface area contributed by atoms with Crippen molar-refractivity contribution in [2.24, 2.45) is 5.29 Å². The minimum atomic E-state index is 0.348. The minimum Gasteiger partial charge on any atom is -0.255 e. The van der Waals surface area contributed by atoms with Crippen LogP contribution in [0.3, 0.4) is 0 Å². The molecule has 1 aliphatic heterocycles. The zero-order valence-corrected chi connectivity index (χ0v) is 6.58. The van der Waals surface area contributed by atoms with Crippen molar-refractivity contribution in [3.8, 4) is 0 Å². The average molecular weight is 142 g/mol. The zero-order chi connectivity index (χ0) is 7.56. The van der Waals surface area contributed by atoms with Crippen molar-refractivity contribution in [2.75, 3.05) is 0 Å². The van der Waals surface area contributed by atoms with Crippen molar-refractivity contribution in [3.63, 3.8) is 0 Å². The standard InChI is InChI=1S/C7H14N2O/c1-6-4-3-5-7(2)9(6)8-10/h6-7H,3-5H2,1-2H3/t6-,7-/m0/s1. The molecule has 0 N–H and O–H groups in total. The molecule has 0 aliphatic carbocycles. The van der Waals surface area contributed by atoms with E-state index in [1.54, 1.807) is 5.01 Å². The minimum absolute atomic E-state index is 0.348. The summed E-state index contributed by atoms with van der Waals surface area (Å²) in [7, 11) is 0. The molecule has 0 unspecified atom stereocenters. The van der Waals surface area contributed by atoms with Crippen molar-refractivity contribution in [2.45, 2.75) is 45.2 Å². The molecular formula is C7H14N2O. The molecule has 0 amide bonds. The molecule has 1 aliphatic rings. The molecule has 0 aromatic carbocycles. The summed E-state index contributed by atoms with van der Waals surface area (Å²) in [5, 5.41) is 4.66. The van der Waals surface area contributed by atoms with Crippen LogP contribution in [0.25, 0.3) is 0 Å². The Kier molecular flexibility index (Phi) is 2.25. The van der Waals surface area contributed by atoms with Crippen LogP contribution in [0.2, 0.25) is 0 Å². The van der Waals surface area contributed by atoms with Gasteiger partial charge in [0.2, 0.25) is 0 Å². The summed E-state index contributed by atoms with van der Waals surface area (Å²) >= 11 is 0. The second kappa shape index (κ2) is 2.99. The normalized spacial score (nSPS) is 34.0. The van der Waals surface area contributed by atoms with Gasteiger partial charge in [0, 0.05) is 12.1 Å². The Morgan fingerprint density at radius 3 is 2.10 bits per heavy atom. The maximum absolute atomic E-state index is 10.3. The third-order valence-corrected chi connectivity index (χ3v) is 2.24. The van der Waals surface area contributed by atoms with E-state index in [-0.39, 0.29) is 0 Å². The molecule has 0 aromatic heterocycles. The summed E-state index contributed by atoms with van der Waals surface area (Å²) in [4.78, 5) is 10.3. The molecule has 1 saturated heterocycles. The Labute approximate surface area is 61.3 Å². The van der Waals surface area contributed by atoms with Crippen LogP contribution in [-0.2, 0) is 0 Å². The highest BCUT2D eigenvalue weighted by molar-refractivity contribution is 4.75. The molecule has 0 radical (unpaired) electrons. The number of hydrogen-bond donors (Lipinski definition) is 0. The smallest absolute Gasteiger partial charge is 0.0529 e. The number of piperidine rings is 1. The Morgan fingerprint density at radius 1 is 1.30 bits per heavy atom. The van der Waals surface area contributed by atoms with E-state index < -0.39 is 0 Å². The van der Waals surface area contributed by atoms with Gasteiger partial charge in [-0.25, -0.2) is 0 Å². The van der Waals surface area contributed by atoms with E-state index in [4.69, 9.17) is 0 Å². The molecule has 0 bridgehead atoms. The van der Waals surface area contributed by atoms with Crippen LogP contribution in [0.4, 0.5) is 0 Å². The first-order valence-corrected chi connectivity index (χ1v) is 3.87. The quantitative estimate of drug-likeness (QED) is 0.524. The number of nitroso groups, excluding NO2 is 1. The van der Waals surface area contributed by atoms with Crippen molar-refractivity contribution >= 4 is 0 Å². The molecule has 0 saturated carbocycles. The van der Waals surface area contributed by atoms with Crippen LogP contribution < -0.4 is 0 Å². The SMILES string of the molecule is C[C@H]1CCC[C@H](C)N1N=O. The van der Waals surface area contributed by atoms with Gasteiger partial charge in [0.05, 0.1) is 5.29 Å². The van der Waals surface area contributed by atoms with Crippen LogP contribution >= 0.6 is 0 Å². The van der Waals surface area contributed by atoms with E-state index >= 15 is 0 Å². The molecule has 10 heavy (non-hydrogen) atoms. The second-order valence-corrected chi connectivity index (χ2v) is 3.09. The Hall–Kier alpha value is -0.600. The van der Waals surface area contributed by atoms with Crippen LogP contribution in [0.15, 0.2) is 5.29 Å². The first-order chi connectivity index (χ1) is 4.75. The molecule has 2 atom stereocenters. The van der Waals surface area contributed by atoms with Crippen molar-refractivity contribution in [1.29, 1.82) is 0 Å². The largest absolute Gasteiger partial charge is 0.255 e. The molecule has 3 heteroatoms. The Morgan fingerprint density at radius 2 is 1.80 bits per heavy atom. The maximum atomic E-state index is 10.3. The lowest BCUT2D eigenvalue weighted by atomic mass is 10.0. The predicted molar refractivity (Wildman–Crippen MR) is 40.4 cm³/mol. The lowest BCUT2D eigenvalue weighted by Crippen LogP contribution is -2.39. The van der Waals surface area contributed by atoms with Gasteiger partial charge in [0.1, 0.15) is 0 Å². The van der Waals surface area contributed by atoms with E-state index in [0.717, 1.165) is 12.8 Å². The third kappa shape index (κ3) is 1.28. The first kappa shape index (κ1) is 7.51. The van der Waals surface area contributed by atoms with Crippen molar-refractivity contribution < 1.29 is 0 Å². The highest BCUT2D eigenvalue weighted by Gasteiger charge is 2.23. The van der Waals surface area contributed by atoms with E-state index in [2.05, 4.69) is 19.1 Å². The van der Waals surface area contributed by atoms with Crippen LogP contribution in [0, 0.1) is 4.91 Å². The second-order valence-electron chi connectivity index (χ2n) is 3.09. The van der Waals surface area contributed by atoms with E-state index in [1.807, 2.05) is 0 Å². The first-order valence-electron chi connectivity index (χ1n) is 3.87. The topological polar surface area (TPSA) is 32.7 Å². The van der Waals surface area contributed by atoms with Crippen LogP contribution in [0.1, 0.15) is 33.1 Å². The Balaban J connectivity index is 2.53. The van der Waals surface area contributed by atoms with Gasteiger partial charge in [0.25, 0.3) is 0 Å². The van der Waals surface area contributed by atoms with Crippen molar-refractivity contribution in [1.82, 2.24) is 5.01 Å². The van der Waals surface area contributed by atoms with Gasteiger partial charge >= 0.3 is 0 Å². The van der Waals surface area contributed by atoms with Gasteiger partial charge in [-0.15, -0.1) is 4.91 Å². The lowest BCUT2D eigenvalue weighted by molar-refractivity contribution is 0.106. The van der Waals surface area contributed by atoms with E-state index in [1.165, 1.54) is 6.42 Å². The summed E-state index contributed by atoms with van der Waals surface area (Å²) in [5.74, 6) is 0. The highest BCUT2D eigenvalue weighted by Crippen LogP contribution is 2.21. The fourth-order valence-electron chi connectivity index (χ4n) is 1.57. The van der Waals surface area contributed by atoms with Crippen molar-refractivity contribution in [3.05, 3.63) is 4.91 Å². The number of hydrogen-bond acceptors (Lipinski definition) is 2. The summed E-state index contributed by atoms with van der Waals surface area (Å²) in [6.07, 6.45) is 3.44. The molecule has 0 aromatic rings. The van der Waals surface area contributed by atoms with Gasteiger partial charge in [-0.05, 0) is 33.1 Å². The highest BCUT2D eigenvalue weighted by atomic mass is 16.3. The van der Waals surface area contributed by atoms with Gasteiger partial charge in [-0.3, -0.25) is 5.01 Å². The molecule has 0 spiro atoms. The van der Waals surface area contributed by atoms with Gasteiger partial charge in [0.15, 0.2) is 0 Å². The predicted octanol–water partition coefficient (Wildman–Crippen LogP) is 1.93. The average Bonchev–Trinajstić information content (AvgIpc) is 1.88. The Bertz CT molecular complexity index is 117. The molecule has 1 rings (SSSR count). The molecule has 1 heterocycles. The summed E-state index contributed by atoms with van der Waals surface area (Å²) in [5.41, 5.74) is 0. The van der Waals surface area contributed by atoms with Gasteiger partial charge < -0.3 is 0 Å². The lowest BCUT2D eigenvalue weighted by Gasteiger charge is -2.33. The summed E-state index contributed by atoms with van der Waals surface area (Å²) in [6, 6.07) is 0.697. The number of nitrogens with zero attached hydrogens (tertiary/aromatic N) is 2. The molecule has 3 nitrogen and oxygen atoms in total. The van der Waals surface area contributed by atoms with Crippen LogP contribution in [-0.4, -0.2) is 17.1 Å². The molecule has 1 fully saturated rings. The maximum Gasteiger partial charge on any atom is 0.0529 e. The molecular weight excluding hydrogens is 128 g/mol. The van der Waals surface area contributed by atoms with Gasteiger partial charge in [-0.2, -0.15) is 0 Å². The fraction of sp³-hybridized carbons (Fsp3) is 1.00. The third-order valence-electron chi connectivity index (χ3n) is 2.24. The monoisotopic (exact) mass is 142 g/mol. The summed E-state index contributed by atoms with van der Waals surface area (Å²) in [6.45, 7) is 4.11. The molecule has 58 valence electrons. The fourth-order valence-corrected chi connectivity index (χ4v) is 1.57. The number of rotatable bonds is 1.